The Kier molecular flexibility index (Phi) is 4.89. The second-order valence-electron chi connectivity index (χ2n) is 4.57. The van der Waals surface area contributed by atoms with E-state index in [2.05, 4.69) is 0 Å². The van der Waals surface area contributed by atoms with Crippen molar-refractivity contribution in [3.8, 4) is 23.0 Å². The molecule has 0 saturated heterocycles. The summed E-state index contributed by atoms with van der Waals surface area (Å²) in [7, 11) is 0. The lowest BCUT2D eigenvalue weighted by Crippen LogP contribution is -1.87. The molecule has 0 atom stereocenters. The SMILES string of the molecule is O=C(O)/C=C/c1ccc(O)c(O/C=C\c2ccc(O)c(O)c2)c1. The molecule has 0 aromatic heterocycles. The Hall–Kier alpha value is -3.41. The normalized spacial score (nSPS) is 11.1. The van der Waals surface area contributed by atoms with Crippen molar-refractivity contribution in [3.63, 3.8) is 0 Å². The van der Waals surface area contributed by atoms with E-state index >= 15 is 0 Å². The molecular formula is C17H14O6. The molecule has 4 N–H and O–H groups in total. The first-order valence-corrected chi connectivity index (χ1v) is 6.55. The van der Waals surface area contributed by atoms with Gasteiger partial charge >= 0.3 is 5.97 Å². The van der Waals surface area contributed by atoms with Crippen LogP contribution in [0.25, 0.3) is 12.2 Å². The van der Waals surface area contributed by atoms with Crippen LogP contribution in [0, 0.1) is 0 Å². The molecule has 0 unspecified atom stereocenters. The molecule has 118 valence electrons. The number of hydrogen-bond acceptors (Lipinski definition) is 5. The fourth-order valence-electron chi connectivity index (χ4n) is 1.73. The molecule has 0 fully saturated rings. The van der Waals surface area contributed by atoms with E-state index in [1.165, 1.54) is 42.7 Å². The second-order valence-corrected chi connectivity index (χ2v) is 4.57. The maximum Gasteiger partial charge on any atom is 0.328 e. The van der Waals surface area contributed by atoms with Crippen LogP contribution in [-0.4, -0.2) is 26.4 Å². The van der Waals surface area contributed by atoms with Gasteiger partial charge in [0.2, 0.25) is 0 Å². The van der Waals surface area contributed by atoms with Gasteiger partial charge in [0.25, 0.3) is 0 Å². The number of ether oxygens (including phenoxy) is 1. The Morgan fingerprint density at radius 3 is 2.17 bits per heavy atom. The first-order chi connectivity index (χ1) is 11.0. The average molecular weight is 314 g/mol. The summed E-state index contributed by atoms with van der Waals surface area (Å²) in [5, 5.41) is 36.9. The monoisotopic (exact) mass is 314 g/mol. The number of aromatic hydroxyl groups is 3. The van der Waals surface area contributed by atoms with Crippen LogP contribution in [-0.2, 0) is 4.79 Å². The van der Waals surface area contributed by atoms with Gasteiger partial charge in [-0.05, 0) is 47.5 Å². The first kappa shape index (κ1) is 16.0. The van der Waals surface area contributed by atoms with Gasteiger partial charge in [0, 0.05) is 6.08 Å². The van der Waals surface area contributed by atoms with Gasteiger partial charge in [-0.15, -0.1) is 0 Å². The lowest BCUT2D eigenvalue weighted by molar-refractivity contribution is -0.131. The van der Waals surface area contributed by atoms with Gasteiger partial charge in [0.1, 0.15) is 0 Å². The van der Waals surface area contributed by atoms with Crippen LogP contribution in [0.3, 0.4) is 0 Å². The zero-order valence-electron chi connectivity index (χ0n) is 11.9. The van der Waals surface area contributed by atoms with Crippen molar-refractivity contribution in [2.45, 2.75) is 0 Å². The third-order valence-corrected chi connectivity index (χ3v) is 2.86. The number of carbonyl (C=O) groups is 1. The molecule has 23 heavy (non-hydrogen) atoms. The van der Waals surface area contributed by atoms with Gasteiger partial charge in [-0.3, -0.25) is 0 Å². The standard InChI is InChI=1S/C17H14O6/c18-13-4-1-12(9-15(13)20)7-8-23-16-10-11(2-5-14(16)19)3-6-17(21)22/h1-10,18-20H,(H,21,22)/b6-3+,8-7-. The van der Waals surface area contributed by atoms with Crippen LogP contribution in [0.15, 0.2) is 48.7 Å². The number of rotatable bonds is 5. The summed E-state index contributed by atoms with van der Waals surface area (Å²) in [5.41, 5.74) is 1.14. The fraction of sp³-hybridized carbons (Fsp3) is 0. The van der Waals surface area contributed by atoms with Crippen molar-refractivity contribution in [2.75, 3.05) is 0 Å². The molecule has 0 amide bonds. The van der Waals surface area contributed by atoms with E-state index < -0.39 is 5.97 Å². The highest BCUT2D eigenvalue weighted by atomic mass is 16.5. The van der Waals surface area contributed by atoms with Gasteiger partial charge < -0.3 is 25.2 Å². The van der Waals surface area contributed by atoms with Crippen molar-refractivity contribution in [2.24, 2.45) is 0 Å². The topological polar surface area (TPSA) is 107 Å². The van der Waals surface area contributed by atoms with Crippen molar-refractivity contribution < 1.29 is 30.0 Å². The number of phenols is 3. The van der Waals surface area contributed by atoms with E-state index in [0.717, 1.165) is 6.08 Å². The zero-order chi connectivity index (χ0) is 16.8. The van der Waals surface area contributed by atoms with Gasteiger partial charge in [0.15, 0.2) is 23.0 Å². The molecule has 0 aliphatic carbocycles. The van der Waals surface area contributed by atoms with E-state index in [4.69, 9.17) is 9.84 Å². The van der Waals surface area contributed by atoms with E-state index in [1.54, 1.807) is 12.1 Å². The lowest BCUT2D eigenvalue weighted by Gasteiger charge is -2.05. The molecule has 0 aliphatic heterocycles. The van der Waals surface area contributed by atoms with Gasteiger partial charge in [-0.25, -0.2) is 4.79 Å². The van der Waals surface area contributed by atoms with Gasteiger partial charge in [-0.1, -0.05) is 12.1 Å². The molecular weight excluding hydrogens is 300 g/mol. The Morgan fingerprint density at radius 1 is 0.870 bits per heavy atom. The van der Waals surface area contributed by atoms with Crippen LogP contribution < -0.4 is 4.74 Å². The van der Waals surface area contributed by atoms with Crippen LogP contribution >= 0.6 is 0 Å². The summed E-state index contributed by atoms with van der Waals surface area (Å²) in [6, 6.07) is 8.67. The van der Waals surface area contributed by atoms with Crippen LogP contribution in [0.2, 0.25) is 0 Å². The molecule has 6 nitrogen and oxygen atoms in total. The summed E-state index contributed by atoms with van der Waals surface area (Å²) in [6.45, 7) is 0. The molecule has 0 spiro atoms. The van der Waals surface area contributed by atoms with E-state index in [9.17, 15) is 20.1 Å². The molecule has 2 aromatic carbocycles. The zero-order valence-corrected chi connectivity index (χ0v) is 11.9. The number of aliphatic carboxylic acids is 1. The number of benzene rings is 2. The number of phenolic OH excluding ortho intramolecular Hbond substituents is 3. The smallest absolute Gasteiger partial charge is 0.328 e. The molecule has 6 heteroatoms. The third kappa shape index (κ3) is 4.53. The summed E-state index contributed by atoms with van der Waals surface area (Å²) >= 11 is 0. The molecule has 0 saturated carbocycles. The van der Waals surface area contributed by atoms with Crippen LogP contribution in [0.4, 0.5) is 0 Å². The Morgan fingerprint density at radius 2 is 1.52 bits per heavy atom. The maximum absolute atomic E-state index is 10.5. The molecule has 2 rings (SSSR count). The average Bonchev–Trinajstić information content (AvgIpc) is 2.51. The highest BCUT2D eigenvalue weighted by molar-refractivity contribution is 5.85. The number of carboxylic acids is 1. The van der Waals surface area contributed by atoms with E-state index in [1.807, 2.05) is 0 Å². The van der Waals surface area contributed by atoms with E-state index in [0.29, 0.717) is 11.1 Å². The highest BCUT2D eigenvalue weighted by Crippen LogP contribution is 2.28. The fourth-order valence-corrected chi connectivity index (χ4v) is 1.73. The Balaban J connectivity index is 2.12. The second kappa shape index (κ2) is 7.04. The molecule has 0 heterocycles. The van der Waals surface area contributed by atoms with Gasteiger partial charge in [-0.2, -0.15) is 0 Å². The van der Waals surface area contributed by atoms with Crippen molar-refractivity contribution in [1.29, 1.82) is 0 Å². The number of hydrogen-bond donors (Lipinski definition) is 4. The quantitative estimate of drug-likeness (QED) is 0.384. The summed E-state index contributed by atoms with van der Waals surface area (Å²) in [6.07, 6.45) is 5.17. The summed E-state index contributed by atoms with van der Waals surface area (Å²) in [5.74, 6) is -1.51. The Labute approximate surface area is 131 Å². The predicted octanol–water partition coefficient (Wildman–Crippen LogP) is 2.95. The highest BCUT2D eigenvalue weighted by Gasteiger charge is 2.02. The minimum Gasteiger partial charge on any atom is -0.504 e. The minimum absolute atomic E-state index is 0.101. The van der Waals surface area contributed by atoms with Crippen LogP contribution in [0.5, 0.6) is 23.0 Å². The van der Waals surface area contributed by atoms with Gasteiger partial charge in [0.05, 0.1) is 6.26 Å². The molecule has 2 aromatic rings. The van der Waals surface area contributed by atoms with E-state index in [-0.39, 0.29) is 23.0 Å². The summed E-state index contributed by atoms with van der Waals surface area (Å²) in [4.78, 5) is 10.5. The van der Waals surface area contributed by atoms with Crippen LogP contribution in [0.1, 0.15) is 11.1 Å². The predicted molar refractivity (Wildman–Crippen MR) is 84.2 cm³/mol. The van der Waals surface area contributed by atoms with Crippen molar-refractivity contribution in [3.05, 3.63) is 59.9 Å². The Bertz CT molecular complexity index is 777. The molecule has 0 radical (unpaired) electrons. The third-order valence-electron chi connectivity index (χ3n) is 2.86. The minimum atomic E-state index is -1.08. The maximum atomic E-state index is 10.5. The molecule has 0 bridgehead atoms. The number of carboxylic acid groups (broad SMARTS) is 1. The summed E-state index contributed by atoms with van der Waals surface area (Å²) < 4.78 is 5.30. The van der Waals surface area contributed by atoms with Crippen molar-refractivity contribution in [1.82, 2.24) is 0 Å². The lowest BCUT2D eigenvalue weighted by atomic mass is 10.2. The largest absolute Gasteiger partial charge is 0.504 e. The first-order valence-electron chi connectivity index (χ1n) is 6.55. The molecule has 0 aliphatic rings. The van der Waals surface area contributed by atoms with Crippen molar-refractivity contribution >= 4 is 18.1 Å².